The molecule has 4 rings (SSSR count). The number of para-hydroxylation sites is 1. The summed E-state index contributed by atoms with van der Waals surface area (Å²) in [6.45, 7) is 9.85. The predicted octanol–water partition coefficient (Wildman–Crippen LogP) is 7.91. The van der Waals surface area contributed by atoms with Crippen molar-refractivity contribution in [1.82, 2.24) is 9.47 Å². The van der Waals surface area contributed by atoms with E-state index in [1.165, 1.54) is 36.0 Å². The summed E-state index contributed by atoms with van der Waals surface area (Å²) >= 11 is 0. The van der Waals surface area contributed by atoms with Gasteiger partial charge in [-0.1, -0.05) is 77.3 Å². The molecule has 1 fully saturated rings. The molecule has 0 saturated heterocycles. The fourth-order valence-electron chi connectivity index (χ4n) is 5.85. The van der Waals surface area contributed by atoms with Gasteiger partial charge in [0, 0.05) is 43.6 Å². The average molecular weight is 502 g/mol. The molecular weight excluding hydrogens is 458 g/mol. The van der Waals surface area contributed by atoms with Crippen molar-refractivity contribution >= 4 is 11.7 Å². The van der Waals surface area contributed by atoms with Crippen LogP contribution >= 0.6 is 0 Å². The maximum atomic E-state index is 14.1. The van der Waals surface area contributed by atoms with E-state index in [1.54, 1.807) is 12.1 Å². The second kappa shape index (κ2) is 11.5. The molecule has 1 aliphatic carbocycles. The van der Waals surface area contributed by atoms with Crippen LogP contribution in [0, 0.1) is 0 Å². The van der Waals surface area contributed by atoms with Crippen molar-refractivity contribution in [2.75, 3.05) is 11.9 Å². The minimum Gasteiger partial charge on any atom is -0.508 e. The third-order valence-corrected chi connectivity index (χ3v) is 7.95. The SMILES string of the molecule is CC(C)c1cccc(C(C)C)c1NC(=O)N(Cc1ccc(O)cc1)CC1(c2ccn(C)c2)CCCCC1. The Morgan fingerprint density at radius 3 is 2.14 bits per heavy atom. The number of benzene rings is 2. The lowest BCUT2D eigenvalue weighted by atomic mass is 9.70. The van der Waals surface area contributed by atoms with Gasteiger partial charge in [-0.05, 0) is 65.1 Å². The van der Waals surface area contributed by atoms with E-state index in [-0.39, 0.29) is 17.2 Å². The Morgan fingerprint density at radius 1 is 0.973 bits per heavy atom. The molecule has 5 heteroatoms. The molecule has 1 aromatic heterocycles. The molecule has 0 unspecified atom stereocenters. The first-order chi connectivity index (χ1) is 17.7. The van der Waals surface area contributed by atoms with E-state index < -0.39 is 0 Å². The lowest BCUT2D eigenvalue weighted by Gasteiger charge is -2.41. The predicted molar refractivity (Wildman–Crippen MR) is 152 cm³/mol. The lowest BCUT2D eigenvalue weighted by Crippen LogP contribution is -2.46. The van der Waals surface area contributed by atoms with E-state index in [1.807, 2.05) is 17.0 Å². The minimum atomic E-state index is -0.0658. The van der Waals surface area contributed by atoms with E-state index in [2.05, 4.69) is 81.3 Å². The average Bonchev–Trinajstić information content (AvgIpc) is 3.32. The van der Waals surface area contributed by atoms with Crippen molar-refractivity contribution in [2.24, 2.45) is 7.05 Å². The molecule has 1 heterocycles. The summed E-state index contributed by atoms with van der Waals surface area (Å²) in [4.78, 5) is 16.1. The van der Waals surface area contributed by atoms with Crippen LogP contribution in [0.1, 0.15) is 93.9 Å². The smallest absolute Gasteiger partial charge is 0.322 e. The number of nitrogens with one attached hydrogen (secondary N) is 1. The summed E-state index contributed by atoms with van der Waals surface area (Å²) in [5.74, 6) is 0.835. The standard InChI is InChI=1S/C32H43N3O2/c1-23(2)28-10-9-11-29(24(3)4)30(28)33-31(37)35(20-25-12-14-27(36)15-13-25)22-32(17-7-6-8-18-32)26-16-19-34(5)21-26/h9-16,19,21,23-24,36H,6-8,17-18,20,22H2,1-5H3,(H,33,37). The Bertz CT molecular complexity index is 1160. The number of nitrogens with zero attached hydrogens (tertiary/aromatic N) is 2. The number of aryl methyl sites for hydroxylation is 1. The molecule has 0 bridgehead atoms. The molecule has 0 spiro atoms. The number of hydrogen-bond donors (Lipinski definition) is 2. The number of amides is 2. The largest absolute Gasteiger partial charge is 0.508 e. The van der Waals surface area contributed by atoms with Crippen molar-refractivity contribution in [3.8, 4) is 5.75 Å². The number of urea groups is 1. The molecule has 1 saturated carbocycles. The number of carbonyl (C=O) groups is 1. The second-order valence-corrected chi connectivity index (χ2v) is 11.5. The molecule has 0 aliphatic heterocycles. The van der Waals surface area contributed by atoms with Gasteiger partial charge in [0.15, 0.2) is 0 Å². The van der Waals surface area contributed by atoms with Gasteiger partial charge in [-0.25, -0.2) is 4.79 Å². The Kier molecular flexibility index (Phi) is 8.31. The Hall–Kier alpha value is -3.21. The number of phenolic OH excluding ortho intramolecular Hbond substituents is 1. The van der Waals surface area contributed by atoms with Gasteiger partial charge in [0.2, 0.25) is 0 Å². The van der Waals surface area contributed by atoms with Crippen molar-refractivity contribution in [2.45, 2.75) is 83.6 Å². The van der Waals surface area contributed by atoms with Gasteiger partial charge in [0.1, 0.15) is 5.75 Å². The topological polar surface area (TPSA) is 57.5 Å². The van der Waals surface area contributed by atoms with Crippen molar-refractivity contribution in [1.29, 1.82) is 0 Å². The summed E-state index contributed by atoms with van der Waals surface area (Å²) in [5.41, 5.74) is 5.55. The zero-order valence-corrected chi connectivity index (χ0v) is 23.1. The highest BCUT2D eigenvalue weighted by Crippen LogP contribution is 2.41. The Balaban J connectivity index is 1.71. The molecule has 198 valence electrons. The van der Waals surface area contributed by atoms with Crippen LogP contribution in [-0.4, -0.2) is 27.1 Å². The summed E-state index contributed by atoms with van der Waals surface area (Å²) in [5, 5.41) is 13.2. The van der Waals surface area contributed by atoms with Crippen LogP contribution in [0.25, 0.3) is 0 Å². The Morgan fingerprint density at radius 2 is 1.59 bits per heavy atom. The summed E-state index contributed by atoms with van der Waals surface area (Å²) < 4.78 is 2.11. The maximum Gasteiger partial charge on any atom is 0.322 e. The lowest BCUT2D eigenvalue weighted by molar-refractivity contribution is 0.169. The summed E-state index contributed by atoms with van der Waals surface area (Å²) in [7, 11) is 2.07. The van der Waals surface area contributed by atoms with Gasteiger partial charge in [0.05, 0.1) is 0 Å². The number of phenols is 1. The van der Waals surface area contributed by atoms with Crippen LogP contribution in [0.2, 0.25) is 0 Å². The fourth-order valence-corrected chi connectivity index (χ4v) is 5.85. The molecule has 37 heavy (non-hydrogen) atoms. The molecule has 5 nitrogen and oxygen atoms in total. The van der Waals surface area contributed by atoms with Crippen LogP contribution in [0.4, 0.5) is 10.5 Å². The van der Waals surface area contributed by atoms with Crippen LogP contribution in [0.15, 0.2) is 60.9 Å². The highest BCUT2D eigenvalue weighted by Gasteiger charge is 2.38. The molecule has 0 radical (unpaired) electrons. The van der Waals surface area contributed by atoms with Gasteiger partial charge < -0.3 is 19.9 Å². The summed E-state index contributed by atoms with van der Waals surface area (Å²) in [6, 6.07) is 15.7. The van der Waals surface area contributed by atoms with Gasteiger partial charge in [0.25, 0.3) is 0 Å². The van der Waals surface area contributed by atoms with Gasteiger partial charge in [-0.15, -0.1) is 0 Å². The van der Waals surface area contributed by atoms with Gasteiger partial charge in [-0.3, -0.25) is 0 Å². The van der Waals surface area contributed by atoms with Gasteiger partial charge >= 0.3 is 6.03 Å². The number of aromatic nitrogens is 1. The monoisotopic (exact) mass is 501 g/mol. The van der Waals surface area contributed by atoms with E-state index >= 15 is 0 Å². The highest BCUT2D eigenvalue weighted by molar-refractivity contribution is 5.91. The first-order valence-corrected chi connectivity index (χ1v) is 13.8. The van der Waals surface area contributed by atoms with Crippen LogP contribution < -0.4 is 5.32 Å². The summed E-state index contributed by atoms with van der Waals surface area (Å²) in [6.07, 6.45) is 10.1. The van der Waals surface area contributed by atoms with Crippen LogP contribution in [0.5, 0.6) is 5.75 Å². The third-order valence-electron chi connectivity index (χ3n) is 7.95. The van der Waals surface area contributed by atoms with Crippen LogP contribution in [0.3, 0.4) is 0 Å². The molecule has 2 N–H and O–H groups in total. The first kappa shape index (κ1) is 26.8. The van der Waals surface area contributed by atoms with Crippen molar-refractivity contribution in [3.63, 3.8) is 0 Å². The minimum absolute atomic E-state index is 0.0633. The normalized spacial score (nSPS) is 15.2. The van der Waals surface area contributed by atoms with Gasteiger partial charge in [-0.2, -0.15) is 0 Å². The van der Waals surface area contributed by atoms with E-state index in [9.17, 15) is 9.90 Å². The molecule has 2 aromatic carbocycles. The van der Waals surface area contributed by atoms with E-state index in [0.29, 0.717) is 24.9 Å². The number of anilines is 1. The van der Waals surface area contributed by atoms with E-state index in [4.69, 9.17) is 0 Å². The number of hydrogen-bond acceptors (Lipinski definition) is 2. The molecular formula is C32H43N3O2. The molecule has 3 aromatic rings. The first-order valence-electron chi connectivity index (χ1n) is 13.8. The van der Waals surface area contributed by atoms with Crippen LogP contribution in [-0.2, 0) is 19.0 Å². The molecule has 2 amide bonds. The maximum absolute atomic E-state index is 14.1. The number of carbonyl (C=O) groups excluding carboxylic acids is 1. The number of aromatic hydroxyl groups is 1. The fraction of sp³-hybridized carbons (Fsp3) is 0.469. The molecule has 1 aliphatic rings. The Labute approximate surface area is 222 Å². The van der Waals surface area contributed by atoms with Crippen molar-refractivity contribution in [3.05, 3.63) is 83.2 Å². The zero-order chi connectivity index (χ0) is 26.6. The second-order valence-electron chi connectivity index (χ2n) is 11.5. The van der Waals surface area contributed by atoms with E-state index in [0.717, 1.165) is 24.1 Å². The quantitative estimate of drug-likeness (QED) is 0.329. The third kappa shape index (κ3) is 6.20. The van der Waals surface area contributed by atoms with Crippen molar-refractivity contribution < 1.29 is 9.90 Å². The molecule has 0 atom stereocenters. The number of rotatable bonds is 8. The zero-order valence-electron chi connectivity index (χ0n) is 23.1. The highest BCUT2D eigenvalue weighted by atomic mass is 16.3.